The van der Waals surface area contributed by atoms with E-state index < -0.39 is 18.0 Å². The lowest BCUT2D eigenvalue weighted by Crippen LogP contribution is -2.57. The summed E-state index contributed by atoms with van der Waals surface area (Å²) in [5.74, 6) is -1.27. The average Bonchev–Trinajstić information content (AvgIpc) is 3.39. The highest BCUT2D eigenvalue weighted by Crippen LogP contribution is 2.25. The van der Waals surface area contributed by atoms with Gasteiger partial charge in [-0.15, -0.1) is 0 Å². The van der Waals surface area contributed by atoms with Crippen LogP contribution in [0.25, 0.3) is 10.9 Å². The number of H-pyrrole nitrogens is 1. The van der Waals surface area contributed by atoms with Crippen LogP contribution in [0, 0.1) is 5.92 Å². The number of hydrogen-bond acceptors (Lipinski definition) is 5. The van der Waals surface area contributed by atoms with Gasteiger partial charge in [-0.05, 0) is 25.0 Å². The molecule has 2 aliphatic heterocycles. The van der Waals surface area contributed by atoms with Crippen LogP contribution in [-0.4, -0.2) is 72.3 Å². The molecule has 2 aliphatic rings. The van der Waals surface area contributed by atoms with Crippen molar-refractivity contribution in [2.24, 2.45) is 5.92 Å². The molecule has 10 heteroatoms. The number of aromatic nitrogens is 1. The van der Waals surface area contributed by atoms with Crippen LogP contribution in [0.4, 0.5) is 0 Å². The van der Waals surface area contributed by atoms with Gasteiger partial charge in [0.1, 0.15) is 18.0 Å². The molecule has 2 fully saturated rings. The number of nitrogens with one attached hydrogen (secondary N) is 3. The van der Waals surface area contributed by atoms with Gasteiger partial charge in [0, 0.05) is 24.4 Å². The van der Waals surface area contributed by atoms with Crippen molar-refractivity contribution in [3.8, 4) is 0 Å². The van der Waals surface area contributed by atoms with Gasteiger partial charge < -0.3 is 30.0 Å². The van der Waals surface area contributed by atoms with Gasteiger partial charge in [-0.2, -0.15) is 0 Å². The topological polar surface area (TPSA) is 121 Å². The van der Waals surface area contributed by atoms with Crippen LogP contribution in [0.5, 0.6) is 0 Å². The first kappa shape index (κ1) is 21.3. The molecule has 0 saturated carbocycles. The number of benzene rings is 1. The van der Waals surface area contributed by atoms with Gasteiger partial charge in [0.2, 0.25) is 11.8 Å². The molecule has 164 valence electrons. The van der Waals surface area contributed by atoms with Crippen molar-refractivity contribution in [3.63, 3.8) is 0 Å². The fourth-order valence-corrected chi connectivity index (χ4v) is 4.29. The van der Waals surface area contributed by atoms with Crippen molar-refractivity contribution in [1.82, 2.24) is 20.5 Å². The minimum absolute atomic E-state index is 0.0219. The number of para-hydroxylation sites is 1. The number of hydrogen-bond donors (Lipinski definition) is 3. The Morgan fingerprint density at radius 1 is 1.39 bits per heavy atom. The Balaban J connectivity index is 1.48. The molecular weight excluding hydrogens is 424 g/mol. The third-order valence-corrected chi connectivity index (χ3v) is 6.04. The maximum atomic E-state index is 13.2. The largest absolute Gasteiger partial charge is 0.377 e. The molecule has 1 aromatic carbocycles. The predicted molar refractivity (Wildman–Crippen MR) is 113 cm³/mol. The van der Waals surface area contributed by atoms with Crippen LogP contribution in [0.15, 0.2) is 24.3 Å². The molecule has 4 rings (SSSR count). The van der Waals surface area contributed by atoms with Crippen molar-refractivity contribution < 1.29 is 23.9 Å². The van der Waals surface area contributed by atoms with E-state index in [1.807, 2.05) is 6.07 Å². The highest BCUT2D eigenvalue weighted by Gasteiger charge is 2.36. The molecular formula is C21H23ClN4O5. The Bertz CT molecular complexity index is 1020. The number of amides is 3. The summed E-state index contributed by atoms with van der Waals surface area (Å²) in [7, 11) is 0. The Hall–Kier alpha value is -2.91. The summed E-state index contributed by atoms with van der Waals surface area (Å²) in [6.07, 6.45) is 1.47. The zero-order chi connectivity index (χ0) is 22.0. The van der Waals surface area contributed by atoms with E-state index in [1.165, 1.54) is 4.90 Å². The van der Waals surface area contributed by atoms with Crippen LogP contribution in [0.2, 0.25) is 5.02 Å². The molecule has 9 nitrogen and oxygen atoms in total. The Kier molecular flexibility index (Phi) is 6.24. The van der Waals surface area contributed by atoms with Crippen LogP contribution >= 0.6 is 11.6 Å². The number of rotatable bonds is 6. The molecule has 0 unspecified atom stereocenters. The number of carbonyl (C=O) groups excluding carboxylic acids is 4. The summed E-state index contributed by atoms with van der Waals surface area (Å²) in [6, 6.07) is 5.36. The average molecular weight is 447 g/mol. The second-order valence-corrected chi connectivity index (χ2v) is 8.15. The third kappa shape index (κ3) is 4.42. The maximum absolute atomic E-state index is 13.2. The van der Waals surface area contributed by atoms with E-state index in [0.29, 0.717) is 42.1 Å². The van der Waals surface area contributed by atoms with Gasteiger partial charge in [-0.25, -0.2) is 0 Å². The van der Waals surface area contributed by atoms with Gasteiger partial charge in [-0.3, -0.25) is 14.4 Å². The fraction of sp³-hybridized carbons (Fsp3) is 0.429. The molecule has 0 radical (unpaired) electrons. The van der Waals surface area contributed by atoms with E-state index in [9.17, 15) is 19.2 Å². The smallest absolute Gasteiger partial charge is 0.271 e. The van der Waals surface area contributed by atoms with Crippen molar-refractivity contribution >= 4 is 46.5 Å². The van der Waals surface area contributed by atoms with Crippen LogP contribution < -0.4 is 10.6 Å². The molecule has 0 bridgehead atoms. The molecule has 3 heterocycles. The van der Waals surface area contributed by atoms with E-state index in [0.717, 1.165) is 5.39 Å². The van der Waals surface area contributed by atoms with E-state index in [4.69, 9.17) is 16.3 Å². The molecule has 31 heavy (non-hydrogen) atoms. The number of morpholine rings is 1. The molecule has 2 aromatic rings. The third-order valence-electron chi connectivity index (χ3n) is 5.72. The SMILES string of the molecule is O=C[C@H](C[C@@H]1CCNC1=O)NC(=O)[C@@H]1COCCN1C(=O)c1cc2cccc(Cl)c2[nH]1. The van der Waals surface area contributed by atoms with Gasteiger partial charge in [0.25, 0.3) is 5.91 Å². The lowest BCUT2D eigenvalue weighted by Gasteiger charge is -2.35. The summed E-state index contributed by atoms with van der Waals surface area (Å²) >= 11 is 6.19. The monoisotopic (exact) mass is 446 g/mol. The lowest BCUT2D eigenvalue weighted by atomic mass is 9.99. The van der Waals surface area contributed by atoms with Gasteiger partial charge >= 0.3 is 0 Å². The fourth-order valence-electron chi connectivity index (χ4n) is 4.06. The number of ether oxygens (including phenoxy) is 1. The number of halogens is 1. The first-order valence-electron chi connectivity index (χ1n) is 10.2. The first-order valence-corrected chi connectivity index (χ1v) is 10.5. The number of aromatic amines is 1. The Morgan fingerprint density at radius 3 is 2.94 bits per heavy atom. The molecule has 2 saturated heterocycles. The quantitative estimate of drug-likeness (QED) is 0.569. The number of carbonyl (C=O) groups is 4. The Morgan fingerprint density at radius 2 is 2.23 bits per heavy atom. The van der Waals surface area contributed by atoms with E-state index in [1.54, 1.807) is 18.2 Å². The van der Waals surface area contributed by atoms with E-state index >= 15 is 0 Å². The van der Waals surface area contributed by atoms with Crippen molar-refractivity contribution in [3.05, 3.63) is 35.0 Å². The summed E-state index contributed by atoms with van der Waals surface area (Å²) in [4.78, 5) is 53.8. The van der Waals surface area contributed by atoms with E-state index in [2.05, 4.69) is 15.6 Å². The number of nitrogens with zero attached hydrogens (tertiary/aromatic N) is 1. The summed E-state index contributed by atoms with van der Waals surface area (Å²) in [5.41, 5.74) is 0.968. The molecule has 0 aliphatic carbocycles. The van der Waals surface area contributed by atoms with Gasteiger partial charge in [0.05, 0.1) is 29.8 Å². The summed E-state index contributed by atoms with van der Waals surface area (Å²) < 4.78 is 5.42. The standard InChI is InChI=1S/C21H23ClN4O5/c22-15-3-1-2-12-9-16(25-18(12)15)21(30)26-6-7-31-11-17(26)20(29)24-14(10-27)8-13-4-5-23-19(13)28/h1-3,9-10,13-14,17,25H,4-8,11H2,(H,23,28)(H,24,29)/t13-,14-,17-/m0/s1. The van der Waals surface area contributed by atoms with Crippen LogP contribution in [0.1, 0.15) is 23.3 Å². The second kappa shape index (κ2) is 9.07. The summed E-state index contributed by atoms with van der Waals surface area (Å²) in [5, 5.41) is 6.67. The zero-order valence-electron chi connectivity index (χ0n) is 16.7. The minimum atomic E-state index is -0.886. The summed E-state index contributed by atoms with van der Waals surface area (Å²) in [6.45, 7) is 1.12. The lowest BCUT2D eigenvalue weighted by molar-refractivity contribution is -0.133. The van der Waals surface area contributed by atoms with E-state index in [-0.39, 0.29) is 37.3 Å². The maximum Gasteiger partial charge on any atom is 0.271 e. The normalized spacial score (nSPS) is 22.2. The van der Waals surface area contributed by atoms with Gasteiger partial charge in [-0.1, -0.05) is 23.7 Å². The number of aldehydes is 1. The van der Waals surface area contributed by atoms with Gasteiger partial charge in [0.15, 0.2) is 0 Å². The molecule has 3 atom stereocenters. The zero-order valence-corrected chi connectivity index (χ0v) is 17.5. The first-order chi connectivity index (χ1) is 15.0. The van der Waals surface area contributed by atoms with Crippen LogP contribution in [-0.2, 0) is 19.1 Å². The van der Waals surface area contributed by atoms with Crippen molar-refractivity contribution in [2.45, 2.75) is 24.9 Å². The van der Waals surface area contributed by atoms with Crippen molar-refractivity contribution in [2.75, 3.05) is 26.3 Å². The minimum Gasteiger partial charge on any atom is -0.377 e. The Labute approximate surface area is 183 Å². The molecule has 0 spiro atoms. The highest BCUT2D eigenvalue weighted by atomic mass is 35.5. The predicted octanol–water partition coefficient (Wildman–Crippen LogP) is 0.872. The molecule has 3 N–H and O–H groups in total. The molecule has 3 amide bonds. The van der Waals surface area contributed by atoms with Crippen molar-refractivity contribution in [1.29, 1.82) is 0 Å². The molecule has 1 aromatic heterocycles. The highest BCUT2D eigenvalue weighted by molar-refractivity contribution is 6.35. The second-order valence-electron chi connectivity index (χ2n) is 7.74. The number of fused-ring (bicyclic) bond motifs is 1. The van der Waals surface area contributed by atoms with Crippen LogP contribution in [0.3, 0.4) is 0 Å².